The molecule has 0 saturated carbocycles. The molecule has 0 spiro atoms. The summed E-state index contributed by atoms with van der Waals surface area (Å²) in [5.74, 6) is 1.40. The Kier molecular flexibility index (Phi) is 4.79. The van der Waals surface area contributed by atoms with Gasteiger partial charge in [0.25, 0.3) is 0 Å². The summed E-state index contributed by atoms with van der Waals surface area (Å²) in [4.78, 5) is 12.8. The molecule has 1 aromatic carbocycles. The van der Waals surface area contributed by atoms with Gasteiger partial charge >= 0.3 is 0 Å². The number of pyridine rings is 1. The Balaban J connectivity index is 1.59. The lowest BCUT2D eigenvalue weighted by Gasteiger charge is -2.09. The average molecular weight is 305 g/mol. The molecule has 3 aromatic rings. The molecule has 0 saturated heterocycles. The largest absolute Gasteiger partial charge is 0.366 e. The summed E-state index contributed by atoms with van der Waals surface area (Å²) in [5, 5.41) is 6.53. The Morgan fingerprint density at radius 1 is 0.913 bits per heavy atom. The summed E-state index contributed by atoms with van der Waals surface area (Å²) in [5.41, 5.74) is 3.57. The van der Waals surface area contributed by atoms with Gasteiger partial charge in [-0.05, 0) is 30.2 Å². The number of rotatable bonds is 6. The lowest BCUT2D eigenvalue weighted by molar-refractivity contribution is 1.03. The van der Waals surface area contributed by atoms with Crippen molar-refractivity contribution in [2.24, 2.45) is 0 Å². The van der Waals surface area contributed by atoms with E-state index >= 15 is 0 Å². The molecule has 2 aromatic heterocycles. The smallest absolute Gasteiger partial charge is 0.224 e. The van der Waals surface area contributed by atoms with E-state index in [1.165, 1.54) is 11.1 Å². The first kappa shape index (κ1) is 15.0. The molecule has 0 bridgehead atoms. The molecule has 5 nitrogen and oxygen atoms in total. The van der Waals surface area contributed by atoms with E-state index < -0.39 is 0 Å². The van der Waals surface area contributed by atoms with E-state index in [0.29, 0.717) is 19.0 Å². The van der Waals surface area contributed by atoms with E-state index in [4.69, 9.17) is 0 Å². The minimum Gasteiger partial charge on any atom is -0.366 e. The van der Waals surface area contributed by atoms with E-state index in [0.717, 1.165) is 11.4 Å². The number of hydrogen-bond acceptors (Lipinski definition) is 5. The van der Waals surface area contributed by atoms with Gasteiger partial charge < -0.3 is 10.6 Å². The van der Waals surface area contributed by atoms with Crippen LogP contribution < -0.4 is 10.6 Å². The zero-order valence-electron chi connectivity index (χ0n) is 13.0. The highest BCUT2D eigenvalue weighted by Crippen LogP contribution is 2.10. The maximum absolute atomic E-state index is 4.47. The fourth-order valence-corrected chi connectivity index (χ4v) is 2.24. The molecule has 0 unspecified atom stereocenters. The normalized spacial score (nSPS) is 10.3. The monoisotopic (exact) mass is 305 g/mol. The summed E-state index contributed by atoms with van der Waals surface area (Å²) in [6.07, 6.45) is 5.35. The Hall–Kier alpha value is -2.95. The number of nitrogens with zero attached hydrogens (tertiary/aromatic N) is 3. The predicted molar refractivity (Wildman–Crippen MR) is 92.1 cm³/mol. The highest BCUT2D eigenvalue weighted by atomic mass is 15.1. The van der Waals surface area contributed by atoms with Crippen LogP contribution in [0, 0.1) is 6.92 Å². The van der Waals surface area contributed by atoms with Crippen molar-refractivity contribution in [1.29, 1.82) is 0 Å². The van der Waals surface area contributed by atoms with Gasteiger partial charge in [0.2, 0.25) is 5.95 Å². The fraction of sp³-hybridized carbons (Fsp3) is 0.167. The molecule has 0 radical (unpaired) electrons. The van der Waals surface area contributed by atoms with Crippen molar-refractivity contribution >= 4 is 11.8 Å². The third-order valence-corrected chi connectivity index (χ3v) is 3.39. The quantitative estimate of drug-likeness (QED) is 0.731. The zero-order chi connectivity index (χ0) is 15.9. The number of aromatic nitrogens is 3. The lowest BCUT2D eigenvalue weighted by Crippen LogP contribution is -2.07. The van der Waals surface area contributed by atoms with Crippen molar-refractivity contribution in [3.05, 3.63) is 77.7 Å². The highest BCUT2D eigenvalue weighted by Gasteiger charge is 2.00. The Morgan fingerprint density at radius 2 is 1.78 bits per heavy atom. The summed E-state index contributed by atoms with van der Waals surface area (Å²) in [6.45, 7) is 3.47. The first-order valence-electron chi connectivity index (χ1n) is 7.55. The molecular formula is C18H19N5. The summed E-state index contributed by atoms with van der Waals surface area (Å²) in [6, 6.07) is 14.2. The van der Waals surface area contributed by atoms with Gasteiger partial charge in [0.1, 0.15) is 5.82 Å². The Labute approximate surface area is 135 Å². The van der Waals surface area contributed by atoms with Crippen molar-refractivity contribution < 1.29 is 0 Å². The number of hydrogen-bond donors (Lipinski definition) is 2. The minimum absolute atomic E-state index is 0.614. The van der Waals surface area contributed by atoms with Crippen molar-refractivity contribution in [3.63, 3.8) is 0 Å². The van der Waals surface area contributed by atoms with Crippen molar-refractivity contribution in [3.8, 4) is 0 Å². The van der Waals surface area contributed by atoms with Crippen molar-refractivity contribution in [2.45, 2.75) is 20.0 Å². The molecule has 3 rings (SSSR count). The number of nitrogens with one attached hydrogen (secondary N) is 2. The molecular weight excluding hydrogens is 286 g/mol. The standard InChI is InChI=1S/C18H19N5/c1-14-4-2-5-15(10-14)12-22-18-20-9-7-17(23-18)21-13-16-6-3-8-19-11-16/h2-11H,12-13H2,1H3,(H2,20,21,22,23). The molecule has 0 aliphatic heterocycles. The second-order valence-corrected chi connectivity index (χ2v) is 5.32. The Bertz CT molecular complexity index is 758. The molecule has 0 aliphatic carbocycles. The van der Waals surface area contributed by atoms with E-state index in [-0.39, 0.29) is 0 Å². The molecule has 2 heterocycles. The van der Waals surface area contributed by atoms with Crippen molar-refractivity contribution in [2.75, 3.05) is 10.6 Å². The van der Waals surface area contributed by atoms with E-state index in [2.05, 4.69) is 56.8 Å². The molecule has 2 N–H and O–H groups in total. The van der Waals surface area contributed by atoms with Gasteiger partial charge in [-0.2, -0.15) is 4.98 Å². The van der Waals surface area contributed by atoms with Gasteiger partial charge in [-0.1, -0.05) is 35.9 Å². The number of aryl methyl sites for hydroxylation is 1. The number of anilines is 2. The summed E-state index contributed by atoms with van der Waals surface area (Å²) < 4.78 is 0. The minimum atomic E-state index is 0.614. The van der Waals surface area contributed by atoms with E-state index in [9.17, 15) is 0 Å². The van der Waals surface area contributed by atoms with Gasteiger partial charge in [0.05, 0.1) is 0 Å². The van der Waals surface area contributed by atoms with Crippen LogP contribution in [0.15, 0.2) is 61.1 Å². The van der Waals surface area contributed by atoms with Crippen LogP contribution in [0.1, 0.15) is 16.7 Å². The SMILES string of the molecule is Cc1cccc(CNc2nccc(NCc3cccnc3)n2)c1. The first-order valence-corrected chi connectivity index (χ1v) is 7.55. The first-order chi connectivity index (χ1) is 11.3. The van der Waals surface area contributed by atoms with Crippen LogP contribution in [0.25, 0.3) is 0 Å². The van der Waals surface area contributed by atoms with Gasteiger partial charge in [-0.25, -0.2) is 4.98 Å². The third kappa shape index (κ3) is 4.51. The molecule has 116 valence electrons. The van der Waals surface area contributed by atoms with Crippen LogP contribution >= 0.6 is 0 Å². The van der Waals surface area contributed by atoms with E-state index in [1.54, 1.807) is 12.4 Å². The van der Waals surface area contributed by atoms with E-state index in [1.807, 2.05) is 24.4 Å². The van der Waals surface area contributed by atoms with Crippen LogP contribution in [0.5, 0.6) is 0 Å². The van der Waals surface area contributed by atoms with Gasteiger partial charge in [-0.15, -0.1) is 0 Å². The van der Waals surface area contributed by atoms with Gasteiger partial charge in [0, 0.05) is 31.7 Å². The molecule has 0 atom stereocenters. The predicted octanol–water partition coefficient (Wildman–Crippen LogP) is 3.40. The Morgan fingerprint density at radius 3 is 2.61 bits per heavy atom. The third-order valence-electron chi connectivity index (χ3n) is 3.39. The second-order valence-electron chi connectivity index (χ2n) is 5.32. The maximum atomic E-state index is 4.47. The van der Waals surface area contributed by atoms with Crippen LogP contribution in [0.3, 0.4) is 0 Å². The molecule has 23 heavy (non-hydrogen) atoms. The molecule has 0 aliphatic rings. The van der Waals surface area contributed by atoms with Gasteiger partial charge in [-0.3, -0.25) is 4.98 Å². The van der Waals surface area contributed by atoms with Crippen LogP contribution in [0.2, 0.25) is 0 Å². The van der Waals surface area contributed by atoms with Gasteiger partial charge in [0.15, 0.2) is 0 Å². The molecule has 5 heteroatoms. The zero-order valence-corrected chi connectivity index (χ0v) is 13.0. The highest BCUT2D eigenvalue weighted by molar-refractivity contribution is 5.40. The average Bonchev–Trinajstić information content (AvgIpc) is 2.60. The topological polar surface area (TPSA) is 62.7 Å². The second kappa shape index (κ2) is 7.35. The summed E-state index contributed by atoms with van der Waals surface area (Å²) in [7, 11) is 0. The summed E-state index contributed by atoms with van der Waals surface area (Å²) >= 11 is 0. The fourth-order valence-electron chi connectivity index (χ4n) is 2.24. The van der Waals surface area contributed by atoms with Crippen LogP contribution in [-0.4, -0.2) is 15.0 Å². The molecule has 0 amide bonds. The maximum Gasteiger partial charge on any atom is 0.224 e. The number of benzene rings is 1. The van der Waals surface area contributed by atoms with Crippen LogP contribution in [0.4, 0.5) is 11.8 Å². The molecule has 0 fully saturated rings. The van der Waals surface area contributed by atoms with Crippen LogP contribution in [-0.2, 0) is 13.1 Å². The van der Waals surface area contributed by atoms with Crippen molar-refractivity contribution in [1.82, 2.24) is 15.0 Å². The lowest BCUT2D eigenvalue weighted by atomic mass is 10.1.